The normalized spacial score (nSPS) is 24.0. The third kappa shape index (κ3) is 1.55. The Morgan fingerprint density at radius 3 is 3.00 bits per heavy atom. The smallest absolute Gasteiger partial charge is 0.337 e. The first-order valence-corrected chi connectivity index (χ1v) is 4.51. The molecule has 0 amide bonds. The maximum atomic E-state index is 10.7. The minimum Gasteiger partial charge on any atom is -0.478 e. The number of hydrogen-bond donors (Lipinski definition) is 2. The number of aliphatic hydroxyl groups excluding tert-OH is 1. The molecule has 5 nitrogen and oxygen atoms in total. The highest BCUT2D eigenvalue weighted by molar-refractivity contribution is 6.43. The number of carboxylic acids is 1. The number of aliphatic imine (C=N–C) groups is 1. The van der Waals surface area contributed by atoms with Gasteiger partial charge in [0.1, 0.15) is 5.57 Å². The highest BCUT2D eigenvalue weighted by Gasteiger charge is 2.31. The number of carboxylic acid groups (broad SMARTS) is 1. The van der Waals surface area contributed by atoms with Gasteiger partial charge in [-0.15, -0.1) is 0 Å². The largest absolute Gasteiger partial charge is 0.478 e. The molecule has 0 radical (unpaired) electrons. The molecule has 6 heteroatoms. The van der Waals surface area contributed by atoms with E-state index >= 15 is 0 Å². The summed E-state index contributed by atoms with van der Waals surface area (Å²) in [6, 6.07) is 0. The summed E-state index contributed by atoms with van der Waals surface area (Å²) in [5, 5.41) is 18.8. The minimum absolute atomic E-state index is 0.185. The van der Waals surface area contributed by atoms with Crippen LogP contribution in [-0.4, -0.2) is 33.1 Å². The number of amidine groups is 1. The van der Waals surface area contributed by atoms with Crippen molar-refractivity contribution >= 4 is 23.4 Å². The van der Waals surface area contributed by atoms with Gasteiger partial charge in [-0.2, -0.15) is 0 Å². The van der Waals surface area contributed by atoms with Gasteiger partial charge in [0.25, 0.3) is 0 Å². The van der Waals surface area contributed by atoms with Gasteiger partial charge >= 0.3 is 5.97 Å². The molecule has 2 heterocycles. The zero-order valence-corrected chi connectivity index (χ0v) is 8.22. The molecule has 0 spiro atoms. The number of nitrogens with zero attached hydrogens (tertiary/aromatic N) is 2. The van der Waals surface area contributed by atoms with E-state index < -0.39 is 12.2 Å². The fourth-order valence-corrected chi connectivity index (χ4v) is 1.55. The summed E-state index contributed by atoms with van der Waals surface area (Å²) in [4.78, 5) is 15.9. The molecule has 2 N–H and O–H groups in total. The zero-order valence-electron chi connectivity index (χ0n) is 7.46. The molecule has 2 rings (SSSR count). The van der Waals surface area contributed by atoms with E-state index in [2.05, 4.69) is 4.99 Å². The van der Waals surface area contributed by atoms with Crippen molar-refractivity contribution in [3.05, 3.63) is 35.2 Å². The molecule has 0 fully saturated rings. The van der Waals surface area contributed by atoms with Crippen LogP contribution in [0.3, 0.4) is 0 Å². The Morgan fingerprint density at radius 1 is 1.60 bits per heavy atom. The first-order chi connectivity index (χ1) is 7.11. The van der Waals surface area contributed by atoms with E-state index in [9.17, 15) is 9.90 Å². The first-order valence-electron chi connectivity index (χ1n) is 4.13. The van der Waals surface area contributed by atoms with Crippen LogP contribution in [0.2, 0.25) is 0 Å². The lowest BCUT2D eigenvalue weighted by Crippen LogP contribution is -2.42. The van der Waals surface area contributed by atoms with Crippen molar-refractivity contribution in [1.82, 2.24) is 4.90 Å². The molecule has 15 heavy (non-hydrogen) atoms. The molecule has 0 aromatic heterocycles. The predicted molar refractivity (Wildman–Crippen MR) is 54.1 cm³/mol. The van der Waals surface area contributed by atoms with Crippen LogP contribution in [0.5, 0.6) is 0 Å². The average Bonchev–Trinajstić information content (AvgIpc) is 2.19. The van der Waals surface area contributed by atoms with Crippen molar-refractivity contribution in [3.8, 4) is 0 Å². The van der Waals surface area contributed by atoms with E-state index in [1.165, 1.54) is 11.1 Å². The van der Waals surface area contributed by atoms with Crippen molar-refractivity contribution in [1.29, 1.82) is 0 Å². The molecule has 78 valence electrons. The summed E-state index contributed by atoms with van der Waals surface area (Å²) >= 11 is 5.83. The number of fused-ring (bicyclic) bond motifs is 1. The topological polar surface area (TPSA) is 73.1 Å². The quantitative estimate of drug-likeness (QED) is 0.688. The predicted octanol–water partition coefficient (Wildman–Crippen LogP) is 0.637. The summed E-state index contributed by atoms with van der Waals surface area (Å²) in [6.07, 6.45) is 4.59. The Morgan fingerprint density at radius 2 is 2.33 bits per heavy atom. The molecule has 0 bridgehead atoms. The molecule has 1 unspecified atom stereocenters. The van der Waals surface area contributed by atoms with Gasteiger partial charge in [0, 0.05) is 12.4 Å². The second kappa shape index (κ2) is 3.52. The number of aliphatic hydroxyl groups is 1. The maximum Gasteiger partial charge on any atom is 0.337 e. The number of halogens is 1. The fourth-order valence-electron chi connectivity index (χ4n) is 1.33. The number of hydrogen-bond acceptors (Lipinski definition) is 4. The van der Waals surface area contributed by atoms with Crippen LogP contribution in [0.4, 0.5) is 0 Å². The van der Waals surface area contributed by atoms with E-state index in [1.807, 2.05) is 0 Å². The van der Waals surface area contributed by atoms with E-state index in [1.54, 1.807) is 12.2 Å². The second-order valence-electron chi connectivity index (χ2n) is 2.98. The maximum absolute atomic E-state index is 10.7. The van der Waals surface area contributed by atoms with Gasteiger partial charge in [-0.05, 0) is 12.2 Å². The fraction of sp³-hybridized carbons (Fsp3) is 0.111. The third-order valence-electron chi connectivity index (χ3n) is 2.06. The molecule has 0 aromatic rings. The van der Waals surface area contributed by atoms with Gasteiger partial charge in [-0.25, -0.2) is 9.79 Å². The lowest BCUT2D eigenvalue weighted by molar-refractivity contribution is -0.134. The molecular weight excluding hydrogens is 220 g/mol. The molecule has 0 aromatic carbocycles. The van der Waals surface area contributed by atoms with Gasteiger partial charge in [-0.3, -0.25) is 0 Å². The van der Waals surface area contributed by atoms with Crippen LogP contribution >= 0.6 is 11.6 Å². The van der Waals surface area contributed by atoms with E-state index in [0.29, 0.717) is 10.9 Å². The van der Waals surface area contributed by atoms with Crippen LogP contribution in [0, 0.1) is 0 Å². The Labute approximate surface area is 90.3 Å². The number of aliphatic carboxylic acids is 1. The van der Waals surface area contributed by atoms with Crippen LogP contribution in [0.15, 0.2) is 40.1 Å². The number of rotatable bonds is 1. The molecule has 2 aliphatic heterocycles. The summed E-state index contributed by atoms with van der Waals surface area (Å²) in [6.45, 7) is 0. The van der Waals surface area contributed by atoms with Gasteiger partial charge in [0.15, 0.2) is 12.1 Å². The van der Waals surface area contributed by atoms with Crippen LogP contribution in [0.1, 0.15) is 0 Å². The number of carbonyl (C=O) groups is 1. The van der Waals surface area contributed by atoms with Crippen molar-refractivity contribution < 1.29 is 15.0 Å². The Kier molecular flexibility index (Phi) is 2.34. The van der Waals surface area contributed by atoms with Crippen LogP contribution < -0.4 is 0 Å². The summed E-state index contributed by atoms with van der Waals surface area (Å²) < 4.78 is 0. The van der Waals surface area contributed by atoms with Gasteiger partial charge in [-0.1, -0.05) is 11.6 Å². The molecule has 1 atom stereocenters. The van der Waals surface area contributed by atoms with Gasteiger partial charge < -0.3 is 15.1 Å². The molecule has 0 saturated heterocycles. The molecule has 0 aliphatic carbocycles. The molecular formula is C9H7ClN2O3. The minimum atomic E-state index is -1.26. The standard InChI is InChI=1S/C9H7ClN2O3/c10-6-2-1-3-12-7(6)11-4-5(8(12)13)9(14)15/h1-4,8,13H,(H,14,15). The molecule has 2 aliphatic rings. The highest BCUT2D eigenvalue weighted by atomic mass is 35.5. The summed E-state index contributed by atoms with van der Waals surface area (Å²) in [5.74, 6) is -0.860. The van der Waals surface area contributed by atoms with E-state index in [4.69, 9.17) is 16.7 Å². The van der Waals surface area contributed by atoms with Crippen molar-refractivity contribution in [2.24, 2.45) is 4.99 Å². The van der Waals surface area contributed by atoms with E-state index in [-0.39, 0.29) is 5.57 Å². The van der Waals surface area contributed by atoms with Crippen molar-refractivity contribution in [3.63, 3.8) is 0 Å². The second-order valence-corrected chi connectivity index (χ2v) is 3.39. The summed E-state index contributed by atoms with van der Waals surface area (Å²) in [7, 11) is 0. The van der Waals surface area contributed by atoms with Crippen LogP contribution in [0.25, 0.3) is 0 Å². The third-order valence-corrected chi connectivity index (χ3v) is 2.36. The lowest BCUT2D eigenvalue weighted by Gasteiger charge is -2.31. The Bertz CT molecular complexity index is 437. The van der Waals surface area contributed by atoms with Crippen molar-refractivity contribution in [2.45, 2.75) is 6.23 Å². The average molecular weight is 227 g/mol. The van der Waals surface area contributed by atoms with E-state index in [0.717, 1.165) is 6.20 Å². The first kappa shape index (κ1) is 9.95. The molecule has 0 saturated carbocycles. The highest BCUT2D eigenvalue weighted by Crippen LogP contribution is 2.23. The van der Waals surface area contributed by atoms with Crippen molar-refractivity contribution in [2.75, 3.05) is 0 Å². The SMILES string of the molecule is O=C(O)C1=CN=C2C(Cl)=CC=CN2C1O. The lowest BCUT2D eigenvalue weighted by atomic mass is 10.1. The van der Waals surface area contributed by atoms with Gasteiger partial charge in [0.2, 0.25) is 0 Å². The number of allylic oxidation sites excluding steroid dienone is 2. The Balaban J connectivity index is 2.44. The van der Waals surface area contributed by atoms with Gasteiger partial charge in [0.05, 0.1) is 5.03 Å². The summed E-state index contributed by atoms with van der Waals surface area (Å²) in [5.41, 5.74) is -0.185. The van der Waals surface area contributed by atoms with Crippen LogP contribution in [-0.2, 0) is 4.79 Å². The Hall–Kier alpha value is -1.59. The zero-order chi connectivity index (χ0) is 11.0. The monoisotopic (exact) mass is 226 g/mol.